The average molecular weight is 394 g/mol. The van der Waals surface area contributed by atoms with E-state index < -0.39 is 5.54 Å². The molecule has 28 heavy (non-hydrogen) atoms. The lowest BCUT2D eigenvalue weighted by molar-refractivity contribution is -0.151. The molecule has 2 rings (SSSR count). The van der Waals surface area contributed by atoms with Crippen LogP contribution in [0.2, 0.25) is 0 Å². The van der Waals surface area contributed by atoms with Crippen molar-refractivity contribution in [1.82, 2.24) is 15.1 Å². The average Bonchev–Trinajstić information content (AvgIpc) is 2.92. The van der Waals surface area contributed by atoms with E-state index in [9.17, 15) is 9.59 Å². The maximum Gasteiger partial charge on any atom is 0.325 e. The number of likely N-dealkylation sites (tertiary alicyclic amines) is 1. The predicted octanol–water partition coefficient (Wildman–Crippen LogP) is 4.95. The Labute approximate surface area is 172 Å². The van der Waals surface area contributed by atoms with E-state index in [1.165, 1.54) is 30.6 Å². The van der Waals surface area contributed by atoms with Gasteiger partial charge in [-0.1, -0.05) is 59.8 Å². The smallest absolute Gasteiger partial charge is 0.323 e. The van der Waals surface area contributed by atoms with Gasteiger partial charge in [-0.2, -0.15) is 0 Å². The summed E-state index contributed by atoms with van der Waals surface area (Å²) in [7, 11) is 2.19. The minimum Gasteiger partial charge on any atom is -0.323 e. The lowest BCUT2D eigenvalue weighted by Crippen LogP contribution is -2.74. The zero-order valence-corrected chi connectivity index (χ0v) is 19.4. The van der Waals surface area contributed by atoms with Gasteiger partial charge in [0.25, 0.3) is 5.91 Å². The van der Waals surface area contributed by atoms with Crippen LogP contribution in [0, 0.1) is 5.92 Å². The molecule has 0 aromatic rings. The molecule has 4 atom stereocenters. The first-order chi connectivity index (χ1) is 13.1. The molecule has 2 fully saturated rings. The normalized spacial score (nSPS) is 36.4. The van der Waals surface area contributed by atoms with Gasteiger partial charge in [0, 0.05) is 23.5 Å². The van der Waals surface area contributed by atoms with E-state index in [-0.39, 0.29) is 28.9 Å². The van der Waals surface area contributed by atoms with Crippen molar-refractivity contribution in [1.29, 1.82) is 0 Å². The van der Waals surface area contributed by atoms with Gasteiger partial charge in [-0.15, -0.1) is 0 Å². The van der Waals surface area contributed by atoms with Crippen molar-refractivity contribution in [2.24, 2.45) is 5.92 Å². The third-order valence-electron chi connectivity index (χ3n) is 8.32. The highest BCUT2D eigenvalue weighted by Gasteiger charge is 2.65. The van der Waals surface area contributed by atoms with Crippen LogP contribution in [0.25, 0.3) is 0 Å². The van der Waals surface area contributed by atoms with Gasteiger partial charge in [-0.05, 0) is 46.6 Å². The SMILES string of the molecule is CCCCCCCCN1C(=O)NC2(CC(C)(CC)N(C)C(C)(CC)C2C)C1=O. The van der Waals surface area contributed by atoms with E-state index >= 15 is 0 Å². The molecule has 2 aliphatic rings. The number of carbonyl (C=O) groups is 2. The Kier molecular flexibility index (Phi) is 7.22. The van der Waals surface area contributed by atoms with E-state index in [2.05, 4.69) is 58.8 Å². The minimum atomic E-state index is -0.776. The Morgan fingerprint density at radius 3 is 2.18 bits per heavy atom. The molecule has 2 saturated heterocycles. The van der Waals surface area contributed by atoms with Gasteiger partial charge in [0.1, 0.15) is 5.54 Å². The summed E-state index contributed by atoms with van der Waals surface area (Å²) in [5, 5.41) is 3.19. The zero-order valence-electron chi connectivity index (χ0n) is 19.4. The Morgan fingerprint density at radius 2 is 1.61 bits per heavy atom. The van der Waals surface area contributed by atoms with Gasteiger partial charge in [-0.25, -0.2) is 4.79 Å². The largest absolute Gasteiger partial charge is 0.325 e. The summed E-state index contributed by atoms with van der Waals surface area (Å²) in [6, 6.07) is -0.188. The lowest BCUT2D eigenvalue weighted by Gasteiger charge is -2.62. The molecule has 4 unspecified atom stereocenters. The number of urea groups is 1. The number of unbranched alkanes of at least 4 members (excludes halogenated alkanes) is 5. The summed E-state index contributed by atoms with van der Waals surface area (Å²) >= 11 is 0. The molecule has 0 saturated carbocycles. The molecular weight excluding hydrogens is 350 g/mol. The molecule has 162 valence electrons. The van der Waals surface area contributed by atoms with Gasteiger partial charge in [-0.3, -0.25) is 14.6 Å². The van der Waals surface area contributed by atoms with Gasteiger partial charge in [0.2, 0.25) is 0 Å². The molecule has 0 aliphatic carbocycles. The van der Waals surface area contributed by atoms with E-state index in [1.807, 2.05) is 0 Å². The molecule has 1 spiro atoms. The zero-order chi connectivity index (χ0) is 21.2. The van der Waals surface area contributed by atoms with Crippen molar-refractivity contribution >= 4 is 11.9 Å². The minimum absolute atomic E-state index is 0.00556. The fourth-order valence-electron chi connectivity index (χ4n) is 5.53. The fraction of sp³-hybridized carbons (Fsp3) is 0.913. The molecule has 2 aliphatic heterocycles. The third-order valence-corrected chi connectivity index (χ3v) is 8.32. The number of hydrogen-bond donors (Lipinski definition) is 1. The number of imide groups is 1. The molecule has 0 aromatic heterocycles. The Balaban J connectivity index is 2.19. The third kappa shape index (κ3) is 3.71. The van der Waals surface area contributed by atoms with Gasteiger partial charge in [0.05, 0.1) is 0 Å². The lowest BCUT2D eigenvalue weighted by atomic mass is 9.60. The molecule has 0 aromatic carbocycles. The second kappa shape index (κ2) is 8.73. The topological polar surface area (TPSA) is 52.7 Å². The Bertz CT molecular complexity index is 580. The highest BCUT2D eigenvalue weighted by atomic mass is 16.2. The number of hydrogen-bond acceptors (Lipinski definition) is 3. The molecule has 5 heteroatoms. The molecule has 5 nitrogen and oxygen atoms in total. The standard InChI is InChI=1S/C23H43N3O2/c1-8-11-12-13-14-15-16-26-19(27)23(24-20(26)28)17-21(5,9-2)25(7)22(6,10-3)18(23)4/h18H,8-17H2,1-7H3,(H,24,28). The van der Waals surface area contributed by atoms with Crippen LogP contribution in [-0.2, 0) is 4.79 Å². The number of nitrogens with zero attached hydrogens (tertiary/aromatic N) is 2. The van der Waals surface area contributed by atoms with Crippen LogP contribution >= 0.6 is 0 Å². The van der Waals surface area contributed by atoms with Crippen molar-refractivity contribution in [2.45, 2.75) is 116 Å². The summed E-state index contributed by atoms with van der Waals surface area (Å²) in [5.41, 5.74) is -1.03. The maximum atomic E-state index is 13.6. The van der Waals surface area contributed by atoms with E-state index in [0.717, 1.165) is 25.7 Å². The number of amides is 3. The van der Waals surface area contributed by atoms with Crippen LogP contribution in [0.4, 0.5) is 4.79 Å². The second-order valence-corrected chi connectivity index (χ2v) is 9.64. The van der Waals surface area contributed by atoms with Crippen molar-refractivity contribution in [2.75, 3.05) is 13.6 Å². The van der Waals surface area contributed by atoms with Crippen LogP contribution < -0.4 is 5.32 Å². The summed E-state index contributed by atoms with van der Waals surface area (Å²) in [5.74, 6) is 0.0617. The molecule has 0 bridgehead atoms. The molecule has 0 radical (unpaired) electrons. The van der Waals surface area contributed by atoms with Crippen LogP contribution in [0.3, 0.4) is 0 Å². The number of piperidine rings is 1. The van der Waals surface area contributed by atoms with Crippen LogP contribution in [0.1, 0.15) is 99.3 Å². The fourth-order valence-corrected chi connectivity index (χ4v) is 5.53. The van der Waals surface area contributed by atoms with E-state index in [1.54, 1.807) is 0 Å². The van der Waals surface area contributed by atoms with E-state index in [0.29, 0.717) is 13.0 Å². The van der Waals surface area contributed by atoms with Crippen molar-refractivity contribution < 1.29 is 9.59 Å². The number of carbonyl (C=O) groups excluding carboxylic acids is 2. The first-order valence-corrected chi connectivity index (χ1v) is 11.5. The van der Waals surface area contributed by atoms with Gasteiger partial charge in [0.15, 0.2) is 0 Å². The van der Waals surface area contributed by atoms with Gasteiger partial charge < -0.3 is 5.32 Å². The summed E-state index contributed by atoms with van der Waals surface area (Å²) in [6.45, 7) is 13.8. The van der Waals surface area contributed by atoms with Crippen molar-refractivity contribution in [3.63, 3.8) is 0 Å². The highest BCUT2D eigenvalue weighted by Crippen LogP contribution is 2.51. The molecule has 2 heterocycles. The Morgan fingerprint density at radius 1 is 1.00 bits per heavy atom. The number of rotatable bonds is 9. The first kappa shape index (κ1) is 23.2. The summed E-state index contributed by atoms with van der Waals surface area (Å²) in [6.07, 6.45) is 9.50. The number of nitrogens with one attached hydrogen (secondary N) is 1. The predicted molar refractivity (Wildman–Crippen MR) is 115 cm³/mol. The monoisotopic (exact) mass is 393 g/mol. The quantitative estimate of drug-likeness (QED) is 0.445. The van der Waals surface area contributed by atoms with Crippen LogP contribution in [0.15, 0.2) is 0 Å². The molecular formula is C23H43N3O2. The van der Waals surface area contributed by atoms with Crippen LogP contribution in [0.5, 0.6) is 0 Å². The maximum absolute atomic E-state index is 13.6. The molecule has 3 amide bonds. The highest BCUT2D eigenvalue weighted by molar-refractivity contribution is 6.07. The molecule has 1 N–H and O–H groups in total. The Hall–Kier alpha value is -1.10. The second-order valence-electron chi connectivity index (χ2n) is 9.64. The first-order valence-electron chi connectivity index (χ1n) is 11.5. The van der Waals surface area contributed by atoms with Crippen molar-refractivity contribution in [3.05, 3.63) is 0 Å². The van der Waals surface area contributed by atoms with E-state index in [4.69, 9.17) is 0 Å². The summed E-state index contributed by atoms with van der Waals surface area (Å²) < 4.78 is 0. The summed E-state index contributed by atoms with van der Waals surface area (Å²) in [4.78, 5) is 30.4. The van der Waals surface area contributed by atoms with Crippen LogP contribution in [-0.4, -0.2) is 51.9 Å². The van der Waals surface area contributed by atoms with Gasteiger partial charge >= 0.3 is 6.03 Å². The van der Waals surface area contributed by atoms with Crippen molar-refractivity contribution in [3.8, 4) is 0 Å².